The average Bonchev–Trinajstić information content (AvgIpc) is 2.37. The van der Waals surface area contributed by atoms with E-state index in [0.29, 0.717) is 12.2 Å². The average molecular weight is 333 g/mol. The van der Waals surface area contributed by atoms with Crippen LogP contribution in [0.2, 0.25) is 0 Å². The molecule has 4 heteroatoms. The lowest BCUT2D eigenvalue weighted by Crippen LogP contribution is -2.16. The van der Waals surface area contributed by atoms with Gasteiger partial charge in [0.1, 0.15) is 5.82 Å². The summed E-state index contributed by atoms with van der Waals surface area (Å²) in [5.41, 5.74) is 4.39. The smallest absolute Gasteiger partial charge is 0.229 e. The van der Waals surface area contributed by atoms with Gasteiger partial charge in [-0.3, -0.25) is 4.79 Å². The Kier molecular flexibility index (Phi) is 4.55. The maximum absolute atomic E-state index is 12.1. The number of carbonyl (C=O) groups excluding carboxylic acids is 1. The van der Waals surface area contributed by atoms with Gasteiger partial charge >= 0.3 is 0 Å². The molecule has 1 N–H and O–H groups in total. The molecule has 1 heterocycles. The Morgan fingerprint density at radius 3 is 2.55 bits per heavy atom. The number of hydrogen-bond donors (Lipinski definition) is 1. The number of halogens is 1. The topological polar surface area (TPSA) is 42.0 Å². The third kappa shape index (κ3) is 3.67. The lowest BCUT2D eigenvalue weighted by Gasteiger charge is -2.08. The van der Waals surface area contributed by atoms with Crippen LogP contribution in [0, 0.1) is 20.8 Å². The van der Waals surface area contributed by atoms with Crippen LogP contribution in [0.25, 0.3) is 0 Å². The summed E-state index contributed by atoms with van der Waals surface area (Å²) in [7, 11) is 0. The highest BCUT2D eigenvalue weighted by Gasteiger charge is 2.08. The van der Waals surface area contributed by atoms with Crippen molar-refractivity contribution in [3.05, 3.63) is 57.2 Å². The van der Waals surface area contributed by atoms with Gasteiger partial charge in [0.15, 0.2) is 0 Å². The molecule has 1 amide bonds. The number of amides is 1. The number of carbonyl (C=O) groups is 1. The minimum atomic E-state index is -0.0498. The maximum Gasteiger partial charge on any atom is 0.229 e. The zero-order chi connectivity index (χ0) is 14.7. The predicted octanol–water partition coefficient (Wildman–Crippen LogP) is 3.95. The Labute approximate surface area is 127 Å². The highest BCUT2D eigenvalue weighted by atomic mass is 79.9. The molecule has 0 atom stereocenters. The molecular formula is C16H17BrN2O. The standard InChI is InChI=1S/C16H17BrN2O/c1-10-4-5-13(6-11(10)2)8-15(20)19-16-12(3)7-14(17)9-18-16/h4-7,9H,8H2,1-3H3,(H,18,19,20). The van der Waals surface area contributed by atoms with Crippen molar-refractivity contribution in [3.63, 3.8) is 0 Å². The van der Waals surface area contributed by atoms with Crippen molar-refractivity contribution in [2.24, 2.45) is 0 Å². The fourth-order valence-electron chi connectivity index (χ4n) is 1.95. The van der Waals surface area contributed by atoms with Gasteiger partial charge in [-0.1, -0.05) is 18.2 Å². The number of nitrogens with one attached hydrogen (secondary N) is 1. The van der Waals surface area contributed by atoms with Crippen LogP contribution in [0.4, 0.5) is 5.82 Å². The number of hydrogen-bond acceptors (Lipinski definition) is 2. The molecule has 0 fully saturated rings. The Morgan fingerprint density at radius 1 is 1.15 bits per heavy atom. The number of pyridine rings is 1. The molecule has 0 aliphatic heterocycles. The van der Waals surface area contributed by atoms with Gasteiger partial charge in [-0.25, -0.2) is 4.98 Å². The van der Waals surface area contributed by atoms with E-state index in [1.807, 2.05) is 25.1 Å². The first-order valence-corrected chi connectivity index (χ1v) is 7.23. The summed E-state index contributed by atoms with van der Waals surface area (Å²) in [6.45, 7) is 6.04. The minimum absolute atomic E-state index is 0.0498. The fraction of sp³-hybridized carbons (Fsp3) is 0.250. The zero-order valence-corrected chi connectivity index (χ0v) is 13.4. The van der Waals surface area contributed by atoms with Crippen molar-refractivity contribution in [2.75, 3.05) is 5.32 Å². The van der Waals surface area contributed by atoms with E-state index in [-0.39, 0.29) is 5.91 Å². The van der Waals surface area contributed by atoms with Crippen molar-refractivity contribution >= 4 is 27.7 Å². The summed E-state index contributed by atoms with van der Waals surface area (Å²) >= 11 is 3.36. The van der Waals surface area contributed by atoms with E-state index in [4.69, 9.17) is 0 Å². The van der Waals surface area contributed by atoms with Crippen LogP contribution >= 0.6 is 15.9 Å². The van der Waals surface area contributed by atoms with Crippen molar-refractivity contribution in [1.29, 1.82) is 0 Å². The monoisotopic (exact) mass is 332 g/mol. The second kappa shape index (κ2) is 6.18. The first-order chi connectivity index (χ1) is 9.45. The van der Waals surface area contributed by atoms with Crippen LogP contribution < -0.4 is 5.32 Å². The Bertz CT molecular complexity index is 653. The third-order valence-electron chi connectivity index (χ3n) is 3.24. The SMILES string of the molecule is Cc1ccc(CC(=O)Nc2ncc(Br)cc2C)cc1C. The number of rotatable bonds is 3. The van der Waals surface area contributed by atoms with Gasteiger partial charge < -0.3 is 5.32 Å². The van der Waals surface area contributed by atoms with Crippen molar-refractivity contribution in [2.45, 2.75) is 27.2 Å². The second-order valence-corrected chi connectivity index (χ2v) is 5.88. The largest absolute Gasteiger partial charge is 0.310 e. The normalized spacial score (nSPS) is 10.4. The van der Waals surface area contributed by atoms with Gasteiger partial charge in [0, 0.05) is 10.7 Å². The molecule has 20 heavy (non-hydrogen) atoms. The highest BCUT2D eigenvalue weighted by molar-refractivity contribution is 9.10. The summed E-state index contributed by atoms with van der Waals surface area (Å²) < 4.78 is 0.905. The number of aromatic nitrogens is 1. The van der Waals surface area contributed by atoms with E-state index in [1.165, 1.54) is 11.1 Å². The predicted molar refractivity (Wildman–Crippen MR) is 84.9 cm³/mol. The summed E-state index contributed by atoms with van der Waals surface area (Å²) in [6.07, 6.45) is 2.04. The zero-order valence-electron chi connectivity index (χ0n) is 11.8. The van der Waals surface area contributed by atoms with E-state index < -0.39 is 0 Å². The van der Waals surface area contributed by atoms with Crippen LogP contribution in [0.15, 0.2) is 34.9 Å². The molecule has 0 aliphatic rings. The number of nitrogens with zero attached hydrogens (tertiary/aromatic N) is 1. The summed E-state index contributed by atoms with van der Waals surface area (Å²) in [6, 6.07) is 8.01. The van der Waals surface area contributed by atoms with Crippen LogP contribution in [0.1, 0.15) is 22.3 Å². The second-order valence-electron chi connectivity index (χ2n) is 4.96. The summed E-state index contributed by atoms with van der Waals surface area (Å²) in [5, 5.41) is 2.85. The molecule has 2 rings (SSSR count). The van der Waals surface area contributed by atoms with Gasteiger partial charge in [-0.05, 0) is 65.0 Å². The van der Waals surface area contributed by atoms with Crippen molar-refractivity contribution in [3.8, 4) is 0 Å². The molecule has 104 valence electrons. The molecule has 2 aromatic rings. The maximum atomic E-state index is 12.1. The van der Waals surface area contributed by atoms with Crippen molar-refractivity contribution < 1.29 is 4.79 Å². The lowest BCUT2D eigenvalue weighted by molar-refractivity contribution is -0.115. The van der Waals surface area contributed by atoms with Crippen LogP contribution in [0.5, 0.6) is 0 Å². The van der Waals surface area contributed by atoms with Gasteiger partial charge in [0.25, 0.3) is 0 Å². The molecule has 1 aromatic carbocycles. The van der Waals surface area contributed by atoms with Gasteiger partial charge in [-0.2, -0.15) is 0 Å². The minimum Gasteiger partial charge on any atom is -0.310 e. The number of anilines is 1. The molecule has 0 saturated carbocycles. The van der Waals surface area contributed by atoms with E-state index in [9.17, 15) is 4.79 Å². The van der Waals surface area contributed by atoms with E-state index in [0.717, 1.165) is 15.6 Å². The molecule has 3 nitrogen and oxygen atoms in total. The van der Waals surface area contributed by atoms with Gasteiger partial charge in [0.05, 0.1) is 6.42 Å². The fourth-order valence-corrected chi connectivity index (χ4v) is 2.39. The van der Waals surface area contributed by atoms with E-state index in [1.54, 1.807) is 6.20 Å². The molecule has 0 spiro atoms. The number of aryl methyl sites for hydroxylation is 3. The molecular weight excluding hydrogens is 316 g/mol. The Balaban J connectivity index is 2.07. The Hall–Kier alpha value is -1.68. The lowest BCUT2D eigenvalue weighted by atomic mass is 10.0. The number of benzene rings is 1. The summed E-state index contributed by atoms with van der Waals surface area (Å²) in [5.74, 6) is 0.563. The molecule has 1 aromatic heterocycles. The van der Waals surface area contributed by atoms with E-state index >= 15 is 0 Å². The van der Waals surface area contributed by atoms with Gasteiger partial charge in [0.2, 0.25) is 5.91 Å². The van der Waals surface area contributed by atoms with Crippen LogP contribution in [-0.2, 0) is 11.2 Å². The summed E-state index contributed by atoms with van der Waals surface area (Å²) in [4.78, 5) is 16.3. The Morgan fingerprint density at radius 2 is 1.90 bits per heavy atom. The third-order valence-corrected chi connectivity index (χ3v) is 3.67. The molecule has 0 aliphatic carbocycles. The first-order valence-electron chi connectivity index (χ1n) is 6.44. The molecule has 0 bridgehead atoms. The first kappa shape index (κ1) is 14.7. The van der Waals surface area contributed by atoms with Gasteiger partial charge in [-0.15, -0.1) is 0 Å². The van der Waals surface area contributed by atoms with E-state index in [2.05, 4.69) is 46.1 Å². The highest BCUT2D eigenvalue weighted by Crippen LogP contribution is 2.17. The molecule has 0 saturated heterocycles. The molecule has 0 radical (unpaired) electrons. The van der Waals surface area contributed by atoms with Crippen LogP contribution in [-0.4, -0.2) is 10.9 Å². The van der Waals surface area contributed by atoms with Crippen LogP contribution in [0.3, 0.4) is 0 Å². The quantitative estimate of drug-likeness (QED) is 0.924. The van der Waals surface area contributed by atoms with Crippen molar-refractivity contribution in [1.82, 2.24) is 4.98 Å². The molecule has 0 unspecified atom stereocenters.